The van der Waals surface area contributed by atoms with Gasteiger partial charge < -0.3 is 20.1 Å². The number of rotatable bonds is 5. The Bertz CT molecular complexity index is 890. The van der Waals surface area contributed by atoms with Crippen molar-refractivity contribution < 1.29 is 19.1 Å². The predicted molar refractivity (Wildman–Crippen MR) is 102 cm³/mol. The number of para-hydroxylation sites is 1. The summed E-state index contributed by atoms with van der Waals surface area (Å²) in [4.78, 5) is 25.6. The molecule has 4 rings (SSSR count). The first-order valence-electron chi connectivity index (χ1n) is 9.23. The minimum absolute atomic E-state index is 0.251. The van der Waals surface area contributed by atoms with Crippen molar-refractivity contribution in [3.63, 3.8) is 0 Å². The third-order valence-corrected chi connectivity index (χ3v) is 5.07. The number of amides is 2. The van der Waals surface area contributed by atoms with Crippen LogP contribution in [0.3, 0.4) is 0 Å². The summed E-state index contributed by atoms with van der Waals surface area (Å²) < 4.78 is 11.0. The highest BCUT2D eigenvalue weighted by molar-refractivity contribution is 6.17. The number of anilines is 2. The first-order valence-corrected chi connectivity index (χ1v) is 9.23. The SMILES string of the molecule is CCc1ccccc1NC(=O)C1(C(=O)Nc2ccc3c(c2)OCCO3)CC1. The molecule has 2 aromatic carbocycles. The van der Waals surface area contributed by atoms with Gasteiger partial charge in [-0.3, -0.25) is 9.59 Å². The number of hydrogen-bond donors (Lipinski definition) is 2. The molecule has 0 radical (unpaired) electrons. The zero-order valence-corrected chi connectivity index (χ0v) is 15.2. The molecule has 2 amide bonds. The second-order valence-electron chi connectivity index (χ2n) is 6.86. The van der Waals surface area contributed by atoms with Gasteiger partial charge in [0.2, 0.25) is 11.8 Å². The Balaban J connectivity index is 1.47. The molecule has 6 heteroatoms. The van der Waals surface area contributed by atoms with Crippen molar-refractivity contribution in [1.29, 1.82) is 0 Å². The molecule has 2 aromatic rings. The quantitative estimate of drug-likeness (QED) is 0.796. The van der Waals surface area contributed by atoms with E-state index in [1.54, 1.807) is 18.2 Å². The zero-order chi connectivity index (χ0) is 18.9. The number of benzene rings is 2. The van der Waals surface area contributed by atoms with Crippen LogP contribution in [0.25, 0.3) is 0 Å². The second-order valence-corrected chi connectivity index (χ2v) is 6.86. The van der Waals surface area contributed by atoms with Gasteiger partial charge in [0.1, 0.15) is 18.6 Å². The fourth-order valence-corrected chi connectivity index (χ4v) is 3.25. The van der Waals surface area contributed by atoms with Crippen molar-refractivity contribution >= 4 is 23.2 Å². The molecule has 27 heavy (non-hydrogen) atoms. The predicted octanol–water partition coefficient (Wildman–Crippen LogP) is 3.38. The van der Waals surface area contributed by atoms with E-state index in [0.717, 1.165) is 17.7 Å². The lowest BCUT2D eigenvalue weighted by Crippen LogP contribution is -2.35. The largest absolute Gasteiger partial charge is 0.486 e. The number of fused-ring (bicyclic) bond motifs is 1. The Labute approximate surface area is 157 Å². The molecule has 0 aromatic heterocycles. The molecule has 2 N–H and O–H groups in total. The topological polar surface area (TPSA) is 76.7 Å². The van der Waals surface area contributed by atoms with Crippen molar-refractivity contribution in [2.75, 3.05) is 23.8 Å². The van der Waals surface area contributed by atoms with E-state index in [1.165, 1.54) is 0 Å². The van der Waals surface area contributed by atoms with E-state index in [2.05, 4.69) is 10.6 Å². The lowest BCUT2D eigenvalue weighted by molar-refractivity contribution is -0.131. The fourth-order valence-electron chi connectivity index (χ4n) is 3.25. The monoisotopic (exact) mass is 366 g/mol. The first-order chi connectivity index (χ1) is 13.1. The van der Waals surface area contributed by atoms with Crippen molar-refractivity contribution in [2.24, 2.45) is 5.41 Å². The highest BCUT2D eigenvalue weighted by Crippen LogP contribution is 2.48. The Kier molecular flexibility index (Phi) is 4.48. The van der Waals surface area contributed by atoms with Crippen molar-refractivity contribution in [1.82, 2.24) is 0 Å². The van der Waals surface area contributed by atoms with Gasteiger partial charge >= 0.3 is 0 Å². The number of carbonyl (C=O) groups excluding carboxylic acids is 2. The molecule has 0 unspecified atom stereocenters. The summed E-state index contributed by atoms with van der Waals surface area (Å²) in [5, 5.41) is 5.79. The third kappa shape index (κ3) is 3.35. The zero-order valence-electron chi connectivity index (χ0n) is 15.2. The van der Waals surface area contributed by atoms with Crippen LogP contribution in [-0.4, -0.2) is 25.0 Å². The molecule has 1 aliphatic heterocycles. The summed E-state index contributed by atoms with van der Waals surface area (Å²) in [6, 6.07) is 12.9. The van der Waals surface area contributed by atoms with Gasteiger partial charge in [-0.15, -0.1) is 0 Å². The summed E-state index contributed by atoms with van der Waals surface area (Å²) >= 11 is 0. The smallest absolute Gasteiger partial charge is 0.240 e. The number of hydrogen-bond acceptors (Lipinski definition) is 4. The first kappa shape index (κ1) is 17.4. The summed E-state index contributed by atoms with van der Waals surface area (Å²) in [5.74, 6) is 0.726. The molecule has 1 heterocycles. The van der Waals surface area contributed by atoms with E-state index in [4.69, 9.17) is 9.47 Å². The van der Waals surface area contributed by atoms with Gasteiger partial charge in [-0.25, -0.2) is 0 Å². The fraction of sp³-hybridized carbons (Fsp3) is 0.333. The molecule has 0 bridgehead atoms. The molecule has 0 spiro atoms. The van der Waals surface area contributed by atoms with E-state index in [0.29, 0.717) is 43.2 Å². The van der Waals surface area contributed by atoms with Crippen LogP contribution in [0, 0.1) is 5.41 Å². The lowest BCUT2D eigenvalue weighted by Gasteiger charge is -2.20. The van der Waals surface area contributed by atoms with Crippen LogP contribution < -0.4 is 20.1 Å². The molecule has 1 fully saturated rings. The van der Waals surface area contributed by atoms with Gasteiger partial charge in [-0.1, -0.05) is 25.1 Å². The molecule has 0 saturated heterocycles. The van der Waals surface area contributed by atoms with Gasteiger partial charge in [0.15, 0.2) is 11.5 Å². The van der Waals surface area contributed by atoms with E-state index >= 15 is 0 Å². The molecular formula is C21H22N2O4. The molecule has 6 nitrogen and oxygen atoms in total. The maximum atomic E-state index is 12.8. The Morgan fingerprint density at radius 2 is 1.67 bits per heavy atom. The van der Waals surface area contributed by atoms with Crippen molar-refractivity contribution in [3.05, 3.63) is 48.0 Å². The van der Waals surface area contributed by atoms with Crippen LogP contribution in [0.1, 0.15) is 25.3 Å². The number of ether oxygens (including phenoxy) is 2. The average molecular weight is 366 g/mol. The van der Waals surface area contributed by atoms with Gasteiger partial charge in [0.05, 0.1) is 0 Å². The van der Waals surface area contributed by atoms with E-state index in [9.17, 15) is 9.59 Å². The van der Waals surface area contributed by atoms with Gasteiger partial charge in [0, 0.05) is 17.4 Å². The molecule has 1 saturated carbocycles. The van der Waals surface area contributed by atoms with Crippen LogP contribution in [-0.2, 0) is 16.0 Å². The molecule has 140 valence electrons. The summed E-state index contributed by atoms with van der Waals surface area (Å²) in [6.45, 7) is 3.03. The Morgan fingerprint density at radius 3 is 2.41 bits per heavy atom. The average Bonchev–Trinajstić information content (AvgIpc) is 3.50. The van der Waals surface area contributed by atoms with Gasteiger partial charge in [0.25, 0.3) is 0 Å². The van der Waals surface area contributed by atoms with E-state index in [1.807, 2.05) is 31.2 Å². The minimum atomic E-state index is -1.01. The number of carbonyl (C=O) groups is 2. The van der Waals surface area contributed by atoms with Crippen LogP contribution in [0.4, 0.5) is 11.4 Å². The van der Waals surface area contributed by atoms with Crippen LogP contribution in [0.5, 0.6) is 11.5 Å². The Morgan fingerprint density at radius 1 is 0.963 bits per heavy atom. The highest BCUT2D eigenvalue weighted by atomic mass is 16.6. The normalized spacial score (nSPS) is 16.3. The van der Waals surface area contributed by atoms with E-state index < -0.39 is 5.41 Å². The molecular weight excluding hydrogens is 344 g/mol. The standard InChI is InChI=1S/C21H22N2O4/c1-2-14-5-3-4-6-16(14)23-20(25)21(9-10-21)19(24)22-15-7-8-17-18(13-15)27-12-11-26-17/h3-8,13H,2,9-12H2,1H3,(H,22,24)(H,23,25). The second kappa shape index (κ2) is 6.95. The van der Waals surface area contributed by atoms with Gasteiger partial charge in [-0.05, 0) is 43.0 Å². The summed E-state index contributed by atoms with van der Waals surface area (Å²) in [7, 11) is 0. The highest BCUT2D eigenvalue weighted by Gasteiger charge is 2.56. The van der Waals surface area contributed by atoms with Crippen LogP contribution in [0.15, 0.2) is 42.5 Å². The molecule has 2 aliphatic rings. The maximum absolute atomic E-state index is 12.8. The number of aryl methyl sites for hydroxylation is 1. The van der Waals surface area contributed by atoms with Crippen molar-refractivity contribution in [2.45, 2.75) is 26.2 Å². The van der Waals surface area contributed by atoms with Crippen molar-refractivity contribution in [3.8, 4) is 11.5 Å². The lowest BCUT2D eigenvalue weighted by atomic mass is 10.0. The molecule has 0 atom stereocenters. The van der Waals surface area contributed by atoms with Crippen LogP contribution >= 0.6 is 0 Å². The van der Waals surface area contributed by atoms with Gasteiger partial charge in [-0.2, -0.15) is 0 Å². The summed E-state index contributed by atoms with van der Waals surface area (Å²) in [6.07, 6.45) is 1.90. The van der Waals surface area contributed by atoms with E-state index in [-0.39, 0.29) is 11.8 Å². The maximum Gasteiger partial charge on any atom is 0.240 e. The minimum Gasteiger partial charge on any atom is -0.486 e. The molecule has 1 aliphatic carbocycles. The summed E-state index contributed by atoms with van der Waals surface area (Å²) in [5.41, 5.74) is 1.41. The Hall–Kier alpha value is -3.02. The number of nitrogens with one attached hydrogen (secondary N) is 2. The van der Waals surface area contributed by atoms with Crippen LogP contribution in [0.2, 0.25) is 0 Å². The third-order valence-electron chi connectivity index (χ3n) is 5.07.